The van der Waals surface area contributed by atoms with Gasteiger partial charge in [0.05, 0.1) is 11.0 Å². The maximum absolute atomic E-state index is 13.8. The molecule has 0 aliphatic heterocycles. The number of hydrogen-bond acceptors (Lipinski definition) is 4. The Morgan fingerprint density at radius 2 is 1.52 bits per heavy atom. The molecule has 0 fully saturated rings. The number of aromatic nitrogens is 2. The number of rotatable bonds is 4. The molecule has 0 unspecified atom stereocenters. The first-order chi connectivity index (χ1) is 15.0. The van der Waals surface area contributed by atoms with Crippen molar-refractivity contribution in [1.29, 1.82) is 0 Å². The van der Waals surface area contributed by atoms with Gasteiger partial charge < -0.3 is 5.32 Å². The maximum Gasteiger partial charge on any atom is 0.164 e. The fourth-order valence-electron chi connectivity index (χ4n) is 3.60. The summed E-state index contributed by atoms with van der Waals surface area (Å²) < 4.78 is 13.8. The van der Waals surface area contributed by atoms with Crippen LogP contribution in [0.4, 0.5) is 15.9 Å². The first kappa shape index (κ1) is 19.5. The monoisotopic (exact) mass is 425 g/mol. The number of fused-ring (bicyclic) bond motifs is 2. The Morgan fingerprint density at radius 3 is 2.23 bits per heavy atom. The van der Waals surface area contributed by atoms with Crippen molar-refractivity contribution in [3.05, 3.63) is 95.8 Å². The number of benzene rings is 4. The van der Waals surface area contributed by atoms with E-state index in [1.807, 2.05) is 24.3 Å². The highest BCUT2D eigenvalue weighted by molar-refractivity contribution is 7.99. The minimum atomic E-state index is -0.298. The zero-order valence-corrected chi connectivity index (χ0v) is 18.0. The summed E-state index contributed by atoms with van der Waals surface area (Å²) >= 11 is 1.56. The largest absolute Gasteiger partial charge is 0.338 e. The second kappa shape index (κ2) is 8.00. The molecule has 5 rings (SSSR count). The summed E-state index contributed by atoms with van der Waals surface area (Å²) in [5.41, 5.74) is 4.66. The Hall–Kier alpha value is -3.44. The van der Waals surface area contributed by atoms with Crippen molar-refractivity contribution in [2.24, 2.45) is 0 Å². The van der Waals surface area contributed by atoms with Crippen LogP contribution in [0.1, 0.15) is 11.1 Å². The maximum atomic E-state index is 13.8. The highest BCUT2D eigenvalue weighted by atomic mass is 32.2. The number of halogens is 1. The van der Waals surface area contributed by atoms with Gasteiger partial charge in [-0.3, -0.25) is 0 Å². The zero-order valence-electron chi connectivity index (χ0n) is 17.2. The van der Waals surface area contributed by atoms with Crippen molar-refractivity contribution in [3.8, 4) is 0 Å². The predicted octanol–water partition coefficient (Wildman–Crippen LogP) is 7.43. The van der Waals surface area contributed by atoms with Gasteiger partial charge in [0.1, 0.15) is 10.8 Å². The lowest BCUT2D eigenvalue weighted by Crippen LogP contribution is -2.00. The lowest BCUT2D eigenvalue weighted by Gasteiger charge is -2.13. The second-order valence-corrected chi connectivity index (χ2v) is 8.60. The summed E-state index contributed by atoms with van der Waals surface area (Å²) in [7, 11) is 0. The Labute approximate surface area is 184 Å². The normalized spacial score (nSPS) is 11.2. The third-order valence-corrected chi connectivity index (χ3v) is 6.28. The minimum absolute atomic E-state index is 0.298. The molecule has 0 saturated heterocycles. The molecule has 0 spiro atoms. The second-order valence-electron chi connectivity index (χ2n) is 7.57. The van der Waals surface area contributed by atoms with Crippen molar-refractivity contribution >= 4 is 45.1 Å². The number of hydrogen-bond donors (Lipinski definition) is 1. The van der Waals surface area contributed by atoms with Gasteiger partial charge in [-0.1, -0.05) is 59.8 Å². The molecule has 1 N–H and O–H groups in total. The molecule has 0 saturated carbocycles. The van der Waals surface area contributed by atoms with Gasteiger partial charge in [-0.15, -0.1) is 0 Å². The lowest BCUT2D eigenvalue weighted by atomic mass is 10.1. The quantitative estimate of drug-likeness (QED) is 0.304. The molecule has 1 aromatic heterocycles. The van der Waals surface area contributed by atoms with E-state index in [0.29, 0.717) is 11.5 Å². The molecular formula is C26H20FN3S. The van der Waals surface area contributed by atoms with E-state index in [4.69, 9.17) is 9.97 Å². The Morgan fingerprint density at radius 1 is 0.774 bits per heavy atom. The van der Waals surface area contributed by atoms with Crippen LogP contribution in [0.3, 0.4) is 0 Å². The first-order valence-electron chi connectivity index (χ1n) is 10.0. The van der Waals surface area contributed by atoms with Gasteiger partial charge in [-0.25, -0.2) is 14.4 Å². The van der Waals surface area contributed by atoms with E-state index in [9.17, 15) is 4.39 Å². The van der Waals surface area contributed by atoms with Crippen LogP contribution in [0.2, 0.25) is 0 Å². The third-order valence-electron chi connectivity index (χ3n) is 5.12. The molecule has 0 radical (unpaired) electrons. The van der Waals surface area contributed by atoms with E-state index < -0.39 is 0 Å². The average molecular weight is 426 g/mol. The Bertz CT molecular complexity index is 1430. The van der Waals surface area contributed by atoms with Crippen molar-refractivity contribution in [3.63, 3.8) is 0 Å². The summed E-state index contributed by atoms with van der Waals surface area (Å²) in [6.45, 7) is 4.18. The molecule has 5 aromatic rings. The van der Waals surface area contributed by atoms with E-state index >= 15 is 0 Å². The summed E-state index contributed by atoms with van der Waals surface area (Å²) in [6, 6.07) is 25.0. The van der Waals surface area contributed by atoms with Crippen molar-refractivity contribution in [1.82, 2.24) is 9.97 Å². The number of anilines is 2. The van der Waals surface area contributed by atoms with Crippen LogP contribution >= 0.6 is 11.8 Å². The molecule has 0 bridgehead atoms. The van der Waals surface area contributed by atoms with E-state index in [-0.39, 0.29) is 5.82 Å². The van der Waals surface area contributed by atoms with E-state index in [2.05, 4.69) is 55.6 Å². The van der Waals surface area contributed by atoms with E-state index in [0.717, 1.165) is 31.7 Å². The molecule has 0 aliphatic rings. The molecule has 152 valence electrons. The van der Waals surface area contributed by atoms with Gasteiger partial charge in [0.15, 0.2) is 5.82 Å². The van der Waals surface area contributed by atoms with Gasteiger partial charge in [-0.2, -0.15) is 0 Å². The Balaban J connectivity index is 1.66. The number of nitrogens with one attached hydrogen (secondary N) is 1. The number of aryl methyl sites for hydroxylation is 2. The van der Waals surface area contributed by atoms with E-state index in [1.165, 1.54) is 23.3 Å². The van der Waals surface area contributed by atoms with Crippen LogP contribution in [0.15, 0.2) is 88.8 Å². The minimum Gasteiger partial charge on any atom is -0.338 e. The summed E-state index contributed by atoms with van der Waals surface area (Å²) in [5.74, 6) is 0.312. The van der Waals surface area contributed by atoms with Crippen molar-refractivity contribution in [2.75, 3.05) is 5.32 Å². The van der Waals surface area contributed by atoms with Gasteiger partial charge in [0, 0.05) is 10.6 Å². The van der Waals surface area contributed by atoms with Crippen LogP contribution in [0.5, 0.6) is 0 Å². The van der Waals surface area contributed by atoms with Crippen molar-refractivity contribution in [2.45, 2.75) is 23.8 Å². The lowest BCUT2D eigenvalue weighted by molar-refractivity contribution is 0.628. The Kier molecular flexibility index (Phi) is 5.04. The van der Waals surface area contributed by atoms with E-state index in [1.54, 1.807) is 17.8 Å². The zero-order chi connectivity index (χ0) is 21.4. The van der Waals surface area contributed by atoms with Crippen LogP contribution in [0.25, 0.3) is 21.8 Å². The average Bonchev–Trinajstić information content (AvgIpc) is 2.75. The summed E-state index contributed by atoms with van der Waals surface area (Å²) in [5, 5.41) is 6.25. The van der Waals surface area contributed by atoms with Crippen LogP contribution < -0.4 is 5.32 Å². The molecule has 4 aromatic carbocycles. The van der Waals surface area contributed by atoms with Gasteiger partial charge in [0.2, 0.25) is 0 Å². The molecule has 1 heterocycles. The summed E-state index contributed by atoms with van der Waals surface area (Å²) in [4.78, 5) is 10.9. The molecule has 0 atom stereocenters. The standard InChI is InChI=1S/C26H20FN3S/c1-16-10-11-24(17(2)12-16)31-26-25(28-21-9-5-8-20(27)15-21)29-22-13-18-6-3-4-7-19(18)14-23(22)30-26/h3-15H,1-2H3,(H,28,29). The van der Waals surface area contributed by atoms with Gasteiger partial charge in [-0.05, 0) is 66.6 Å². The van der Waals surface area contributed by atoms with Gasteiger partial charge in [0.25, 0.3) is 0 Å². The SMILES string of the molecule is Cc1ccc(Sc2nc3cc4ccccc4cc3nc2Nc2cccc(F)c2)c(C)c1. The highest BCUT2D eigenvalue weighted by Crippen LogP contribution is 2.36. The van der Waals surface area contributed by atoms with Crippen LogP contribution in [0, 0.1) is 19.7 Å². The van der Waals surface area contributed by atoms with Crippen LogP contribution in [-0.2, 0) is 0 Å². The molecule has 3 nitrogen and oxygen atoms in total. The summed E-state index contributed by atoms with van der Waals surface area (Å²) in [6.07, 6.45) is 0. The highest BCUT2D eigenvalue weighted by Gasteiger charge is 2.14. The third kappa shape index (κ3) is 4.09. The predicted molar refractivity (Wildman–Crippen MR) is 127 cm³/mol. The fourth-order valence-corrected chi connectivity index (χ4v) is 4.50. The fraction of sp³-hybridized carbons (Fsp3) is 0.0769. The molecule has 5 heteroatoms. The smallest absolute Gasteiger partial charge is 0.164 e. The molecule has 31 heavy (non-hydrogen) atoms. The van der Waals surface area contributed by atoms with Gasteiger partial charge >= 0.3 is 0 Å². The first-order valence-corrected chi connectivity index (χ1v) is 10.8. The molecular weight excluding hydrogens is 405 g/mol. The molecule has 0 aliphatic carbocycles. The van der Waals surface area contributed by atoms with Crippen molar-refractivity contribution < 1.29 is 4.39 Å². The van der Waals surface area contributed by atoms with Crippen LogP contribution in [-0.4, -0.2) is 9.97 Å². The topological polar surface area (TPSA) is 37.8 Å². The number of nitrogens with zero attached hydrogens (tertiary/aromatic N) is 2. The molecule has 0 amide bonds.